The van der Waals surface area contributed by atoms with Gasteiger partial charge in [0.05, 0.1) is 6.61 Å². The third-order valence-corrected chi connectivity index (χ3v) is 4.88. The minimum atomic E-state index is -0.230. The highest BCUT2D eigenvalue weighted by atomic mass is 16.6. The Morgan fingerprint density at radius 2 is 2.04 bits per heavy atom. The molecule has 1 aromatic carbocycles. The number of ether oxygens (including phenoxy) is 1. The molecule has 0 atom stereocenters. The van der Waals surface area contributed by atoms with Crippen molar-refractivity contribution in [2.75, 3.05) is 30.3 Å². The van der Waals surface area contributed by atoms with Gasteiger partial charge in [-0.3, -0.25) is 0 Å². The second-order valence-electron chi connectivity index (χ2n) is 6.74. The fraction of sp³-hybridized carbons (Fsp3) is 0.450. The third-order valence-electron chi connectivity index (χ3n) is 4.88. The lowest BCUT2D eigenvalue weighted by Gasteiger charge is -2.31. The standard InChI is InChI=1S/C20H27N5O2/c1-4-27-20(26)25-12-9-16(10-13-25)22-19-21-11-8-18(24-19)23-17-7-5-6-14(2)15(17)3/h5-8,11,16H,4,9-10,12-13H2,1-3H3,(H2,21,22,23,24). The van der Waals surface area contributed by atoms with Crippen LogP contribution in [0.15, 0.2) is 30.5 Å². The van der Waals surface area contributed by atoms with Gasteiger partial charge in [0.2, 0.25) is 5.95 Å². The number of nitrogens with zero attached hydrogens (tertiary/aromatic N) is 3. The van der Waals surface area contributed by atoms with E-state index in [2.05, 4.69) is 40.5 Å². The molecule has 1 aliphatic heterocycles. The molecule has 1 saturated heterocycles. The Labute approximate surface area is 160 Å². The maximum atomic E-state index is 11.8. The second kappa shape index (κ2) is 8.70. The fourth-order valence-electron chi connectivity index (χ4n) is 3.13. The predicted octanol–water partition coefficient (Wildman–Crippen LogP) is 3.87. The molecule has 0 unspecified atom stereocenters. The zero-order valence-electron chi connectivity index (χ0n) is 16.2. The van der Waals surface area contributed by atoms with E-state index in [9.17, 15) is 4.79 Å². The SMILES string of the molecule is CCOC(=O)N1CCC(Nc2nccc(Nc3cccc(C)c3C)n2)CC1. The van der Waals surface area contributed by atoms with E-state index < -0.39 is 0 Å². The molecule has 144 valence electrons. The van der Waals surface area contributed by atoms with Gasteiger partial charge in [-0.1, -0.05) is 12.1 Å². The molecule has 1 aromatic heterocycles. The summed E-state index contributed by atoms with van der Waals surface area (Å²) in [7, 11) is 0. The molecule has 7 heteroatoms. The van der Waals surface area contributed by atoms with Crippen LogP contribution in [0.1, 0.15) is 30.9 Å². The van der Waals surface area contributed by atoms with Crippen molar-refractivity contribution in [2.45, 2.75) is 39.7 Å². The molecule has 2 aromatic rings. The van der Waals surface area contributed by atoms with Crippen LogP contribution in [-0.2, 0) is 4.74 Å². The van der Waals surface area contributed by atoms with Crippen LogP contribution in [0.25, 0.3) is 0 Å². The minimum absolute atomic E-state index is 0.230. The van der Waals surface area contributed by atoms with E-state index in [1.807, 2.05) is 25.1 Å². The summed E-state index contributed by atoms with van der Waals surface area (Å²) in [6.07, 6.45) is 3.20. The van der Waals surface area contributed by atoms with Gasteiger partial charge in [-0.2, -0.15) is 4.98 Å². The normalized spacial score (nSPS) is 14.7. The van der Waals surface area contributed by atoms with Gasteiger partial charge in [-0.15, -0.1) is 0 Å². The fourth-order valence-corrected chi connectivity index (χ4v) is 3.13. The van der Waals surface area contributed by atoms with Gasteiger partial charge in [0.1, 0.15) is 5.82 Å². The van der Waals surface area contributed by atoms with Gasteiger partial charge in [0.15, 0.2) is 0 Å². The topological polar surface area (TPSA) is 79.4 Å². The highest BCUT2D eigenvalue weighted by molar-refractivity contribution is 5.67. The first-order chi connectivity index (χ1) is 13.1. The Kier molecular flexibility index (Phi) is 6.11. The van der Waals surface area contributed by atoms with Crippen molar-refractivity contribution >= 4 is 23.5 Å². The van der Waals surface area contributed by atoms with E-state index in [4.69, 9.17) is 4.74 Å². The summed E-state index contributed by atoms with van der Waals surface area (Å²) in [6, 6.07) is 8.27. The summed E-state index contributed by atoms with van der Waals surface area (Å²) in [6.45, 7) is 7.77. The Bertz CT molecular complexity index is 788. The number of rotatable bonds is 5. The van der Waals surface area contributed by atoms with Crippen LogP contribution in [-0.4, -0.2) is 46.7 Å². The van der Waals surface area contributed by atoms with Crippen LogP contribution in [0.5, 0.6) is 0 Å². The first-order valence-corrected chi connectivity index (χ1v) is 9.41. The number of aryl methyl sites for hydroxylation is 1. The average molecular weight is 369 g/mol. The Hall–Kier alpha value is -2.83. The largest absolute Gasteiger partial charge is 0.450 e. The lowest BCUT2D eigenvalue weighted by Crippen LogP contribution is -2.42. The zero-order chi connectivity index (χ0) is 19.2. The first-order valence-electron chi connectivity index (χ1n) is 9.41. The van der Waals surface area contributed by atoms with Crippen molar-refractivity contribution in [3.05, 3.63) is 41.6 Å². The van der Waals surface area contributed by atoms with Crippen LogP contribution < -0.4 is 10.6 Å². The summed E-state index contributed by atoms with van der Waals surface area (Å²) >= 11 is 0. The Balaban J connectivity index is 1.58. The number of likely N-dealkylation sites (tertiary alicyclic amines) is 1. The molecule has 7 nitrogen and oxygen atoms in total. The lowest BCUT2D eigenvalue weighted by molar-refractivity contribution is 0.0983. The van der Waals surface area contributed by atoms with Crippen LogP contribution in [0.3, 0.4) is 0 Å². The monoisotopic (exact) mass is 369 g/mol. The number of carbonyl (C=O) groups is 1. The van der Waals surface area contributed by atoms with Crippen molar-refractivity contribution < 1.29 is 9.53 Å². The molecule has 0 spiro atoms. The van der Waals surface area contributed by atoms with E-state index >= 15 is 0 Å². The molecule has 3 rings (SSSR count). The van der Waals surface area contributed by atoms with Crippen LogP contribution in [0, 0.1) is 13.8 Å². The number of hydrogen-bond donors (Lipinski definition) is 2. The number of piperidine rings is 1. The molecule has 0 saturated carbocycles. The molecular weight excluding hydrogens is 342 g/mol. The zero-order valence-corrected chi connectivity index (χ0v) is 16.2. The molecule has 1 fully saturated rings. The molecule has 0 radical (unpaired) electrons. The number of carbonyl (C=O) groups excluding carboxylic acids is 1. The molecule has 1 aliphatic rings. The number of nitrogens with one attached hydrogen (secondary N) is 2. The number of aromatic nitrogens is 2. The van der Waals surface area contributed by atoms with Crippen LogP contribution in [0.4, 0.5) is 22.2 Å². The molecule has 0 bridgehead atoms. The molecular formula is C20H27N5O2. The maximum absolute atomic E-state index is 11.8. The molecule has 27 heavy (non-hydrogen) atoms. The van der Waals surface area contributed by atoms with Gasteiger partial charge in [-0.25, -0.2) is 9.78 Å². The quantitative estimate of drug-likeness (QED) is 0.833. The average Bonchev–Trinajstić information content (AvgIpc) is 2.67. The summed E-state index contributed by atoms with van der Waals surface area (Å²) in [5.41, 5.74) is 3.49. The van der Waals surface area contributed by atoms with Crippen LogP contribution >= 0.6 is 0 Å². The van der Waals surface area contributed by atoms with E-state index in [1.54, 1.807) is 11.1 Å². The molecule has 1 amide bonds. The smallest absolute Gasteiger partial charge is 0.409 e. The van der Waals surface area contributed by atoms with Crippen molar-refractivity contribution in [3.63, 3.8) is 0 Å². The van der Waals surface area contributed by atoms with E-state index in [1.165, 1.54) is 11.1 Å². The van der Waals surface area contributed by atoms with Crippen molar-refractivity contribution in [2.24, 2.45) is 0 Å². The highest BCUT2D eigenvalue weighted by Gasteiger charge is 2.23. The van der Waals surface area contributed by atoms with Crippen molar-refractivity contribution in [3.8, 4) is 0 Å². The highest BCUT2D eigenvalue weighted by Crippen LogP contribution is 2.22. The number of anilines is 3. The number of benzene rings is 1. The summed E-state index contributed by atoms with van der Waals surface area (Å²) in [4.78, 5) is 22.4. The second-order valence-corrected chi connectivity index (χ2v) is 6.74. The van der Waals surface area contributed by atoms with Gasteiger partial charge >= 0.3 is 6.09 Å². The Morgan fingerprint density at radius 1 is 1.26 bits per heavy atom. The maximum Gasteiger partial charge on any atom is 0.409 e. The van der Waals surface area contributed by atoms with Gasteiger partial charge in [-0.05, 0) is 56.9 Å². The first kappa shape index (κ1) is 18.9. The van der Waals surface area contributed by atoms with Gasteiger partial charge in [0, 0.05) is 31.0 Å². The molecule has 2 N–H and O–H groups in total. The van der Waals surface area contributed by atoms with Gasteiger partial charge < -0.3 is 20.3 Å². The van der Waals surface area contributed by atoms with Crippen LogP contribution in [0.2, 0.25) is 0 Å². The van der Waals surface area contributed by atoms with E-state index in [-0.39, 0.29) is 12.1 Å². The van der Waals surface area contributed by atoms with Crippen molar-refractivity contribution in [1.82, 2.24) is 14.9 Å². The van der Waals surface area contributed by atoms with E-state index in [0.29, 0.717) is 25.6 Å². The minimum Gasteiger partial charge on any atom is -0.450 e. The lowest BCUT2D eigenvalue weighted by atomic mass is 10.1. The summed E-state index contributed by atoms with van der Waals surface area (Å²) < 4.78 is 5.06. The summed E-state index contributed by atoms with van der Waals surface area (Å²) in [5, 5.41) is 6.75. The summed E-state index contributed by atoms with van der Waals surface area (Å²) in [5.74, 6) is 1.35. The van der Waals surface area contributed by atoms with E-state index in [0.717, 1.165) is 24.3 Å². The number of hydrogen-bond acceptors (Lipinski definition) is 6. The molecule has 0 aliphatic carbocycles. The number of amides is 1. The van der Waals surface area contributed by atoms with Crippen molar-refractivity contribution in [1.29, 1.82) is 0 Å². The molecule has 2 heterocycles. The third kappa shape index (κ3) is 4.87. The Morgan fingerprint density at radius 3 is 2.78 bits per heavy atom. The van der Waals surface area contributed by atoms with Gasteiger partial charge in [0.25, 0.3) is 0 Å². The predicted molar refractivity (Wildman–Crippen MR) is 106 cm³/mol.